The Kier molecular flexibility index (Phi) is 6.66. The van der Waals surface area contributed by atoms with Crippen LogP contribution in [0.3, 0.4) is 0 Å². The molecule has 0 spiro atoms. The van der Waals surface area contributed by atoms with Crippen LogP contribution in [-0.4, -0.2) is 19.6 Å². The Balaban J connectivity index is 2.03. The standard InChI is InChI=1S/C19H20N2O3/c1-23-17-9-5-8-16(14-21-18(22)10-12-20)19(17)24-13-11-15-6-3-2-4-7-15/h2-9H,10-11,13-14H2,1H3,(H,21,22). The van der Waals surface area contributed by atoms with E-state index >= 15 is 0 Å². The molecule has 0 aliphatic rings. The van der Waals surface area contributed by atoms with E-state index in [1.165, 1.54) is 5.56 Å². The van der Waals surface area contributed by atoms with E-state index in [1.54, 1.807) is 7.11 Å². The van der Waals surface area contributed by atoms with Gasteiger partial charge in [0.05, 0.1) is 19.8 Å². The summed E-state index contributed by atoms with van der Waals surface area (Å²) < 4.78 is 11.3. The van der Waals surface area contributed by atoms with E-state index in [2.05, 4.69) is 17.4 Å². The van der Waals surface area contributed by atoms with Gasteiger partial charge in [0, 0.05) is 18.5 Å². The first-order chi connectivity index (χ1) is 11.7. The minimum absolute atomic E-state index is 0.159. The third-order valence-corrected chi connectivity index (χ3v) is 3.48. The van der Waals surface area contributed by atoms with Crippen molar-refractivity contribution in [1.82, 2.24) is 5.32 Å². The van der Waals surface area contributed by atoms with E-state index in [0.717, 1.165) is 12.0 Å². The molecule has 0 aliphatic heterocycles. The lowest BCUT2D eigenvalue weighted by molar-refractivity contribution is -0.120. The first-order valence-corrected chi connectivity index (χ1v) is 7.71. The zero-order chi connectivity index (χ0) is 17.2. The minimum atomic E-state index is -0.310. The van der Waals surface area contributed by atoms with Crippen molar-refractivity contribution in [3.05, 3.63) is 59.7 Å². The lowest BCUT2D eigenvalue weighted by Gasteiger charge is -2.15. The van der Waals surface area contributed by atoms with Crippen molar-refractivity contribution in [1.29, 1.82) is 5.26 Å². The van der Waals surface area contributed by atoms with Crippen LogP contribution in [0.4, 0.5) is 0 Å². The molecule has 2 aromatic carbocycles. The fraction of sp³-hybridized carbons (Fsp3) is 0.263. The molecule has 124 valence electrons. The molecule has 0 saturated heterocycles. The van der Waals surface area contributed by atoms with E-state index in [4.69, 9.17) is 14.7 Å². The van der Waals surface area contributed by atoms with Crippen LogP contribution in [0.25, 0.3) is 0 Å². The van der Waals surface area contributed by atoms with Crippen molar-refractivity contribution in [3.8, 4) is 17.6 Å². The summed E-state index contributed by atoms with van der Waals surface area (Å²) in [5.74, 6) is 0.929. The Morgan fingerprint density at radius 3 is 2.67 bits per heavy atom. The fourth-order valence-electron chi connectivity index (χ4n) is 2.27. The number of hydrogen-bond acceptors (Lipinski definition) is 4. The zero-order valence-electron chi connectivity index (χ0n) is 13.6. The summed E-state index contributed by atoms with van der Waals surface area (Å²) in [5.41, 5.74) is 2.00. The van der Waals surface area contributed by atoms with Crippen molar-refractivity contribution < 1.29 is 14.3 Å². The van der Waals surface area contributed by atoms with Gasteiger partial charge in [-0.05, 0) is 11.6 Å². The molecule has 2 rings (SSSR count). The number of methoxy groups -OCH3 is 1. The molecule has 0 heterocycles. The second kappa shape index (κ2) is 9.21. The zero-order valence-corrected chi connectivity index (χ0v) is 13.6. The molecule has 5 nitrogen and oxygen atoms in total. The van der Waals surface area contributed by atoms with Crippen LogP contribution in [-0.2, 0) is 17.8 Å². The van der Waals surface area contributed by atoms with E-state index in [9.17, 15) is 4.79 Å². The number of carbonyl (C=O) groups is 1. The topological polar surface area (TPSA) is 71.3 Å². The lowest BCUT2D eigenvalue weighted by atomic mass is 10.1. The van der Waals surface area contributed by atoms with Gasteiger partial charge < -0.3 is 14.8 Å². The van der Waals surface area contributed by atoms with Gasteiger partial charge in [-0.2, -0.15) is 5.26 Å². The van der Waals surface area contributed by atoms with Crippen molar-refractivity contribution in [2.45, 2.75) is 19.4 Å². The Morgan fingerprint density at radius 1 is 1.17 bits per heavy atom. The molecule has 0 aliphatic carbocycles. The van der Waals surface area contributed by atoms with Gasteiger partial charge in [0.2, 0.25) is 5.91 Å². The number of carbonyl (C=O) groups excluding carboxylic acids is 1. The molecule has 24 heavy (non-hydrogen) atoms. The molecule has 0 unspecified atom stereocenters. The summed E-state index contributed by atoms with van der Waals surface area (Å²) in [5, 5.41) is 11.2. The highest BCUT2D eigenvalue weighted by atomic mass is 16.5. The summed E-state index contributed by atoms with van der Waals surface area (Å²) in [6.45, 7) is 0.794. The van der Waals surface area contributed by atoms with Gasteiger partial charge in [-0.3, -0.25) is 4.79 Å². The number of para-hydroxylation sites is 1. The van der Waals surface area contributed by atoms with Crippen LogP contribution in [0.2, 0.25) is 0 Å². The maximum atomic E-state index is 11.5. The third kappa shape index (κ3) is 5.03. The highest BCUT2D eigenvalue weighted by Crippen LogP contribution is 2.31. The number of nitrogens with one attached hydrogen (secondary N) is 1. The number of benzene rings is 2. The van der Waals surface area contributed by atoms with Gasteiger partial charge >= 0.3 is 0 Å². The Hall–Kier alpha value is -3.00. The largest absolute Gasteiger partial charge is 0.493 e. The van der Waals surface area contributed by atoms with E-state index in [0.29, 0.717) is 24.7 Å². The van der Waals surface area contributed by atoms with E-state index in [-0.39, 0.29) is 12.3 Å². The first-order valence-electron chi connectivity index (χ1n) is 7.71. The molecule has 0 bridgehead atoms. The summed E-state index contributed by atoms with van der Waals surface area (Å²) in [4.78, 5) is 11.5. The second-order valence-corrected chi connectivity index (χ2v) is 5.14. The van der Waals surface area contributed by atoms with Crippen molar-refractivity contribution >= 4 is 5.91 Å². The average molecular weight is 324 g/mol. The highest BCUT2D eigenvalue weighted by Gasteiger charge is 2.11. The summed E-state index contributed by atoms with van der Waals surface area (Å²) >= 11 is 0. The predicted octanol–water partition coefficient (Wildman–Crippen LogP) is 2.85. The number of amides is 1. The molecule has 0 aromatic heterocycles. The quantitative estimate of drug-likeness (QED) is 0.810. The number of nitrogens with zero attached hydrogens (tertiary/aromatic N) is 1. The molecule has 5 heteroatoms. The smallest absolute Gasteiger partial charge is 0.234 e. The summed E-state index contributed by atoms with van der Waals surface area (Å²) in [7, 11) is 1.58. The van der Waals surface area contributed by atoms with Crippen molar-refractivity contribution in [3.63, 3.8) is 0 Å². The van der Waals surface area contributed by atoms with Crippen LogP contribution in [0.5, 0.6) is 11.5 Å². The normalized spacial score (nSPS) is 9.83. The number of rotatable bonds is 8. The molecule has 0 fully saturated rings. The van der Waals surface area contributed by atoms with Crippen LogP contribution in [0, 0.1) is 11.3 Å². The molecule has 1 N–H and O–H groups in total. The molecular weight excluding hydrogens is 304 g/mol. The van der Waals surface area contributed by atoms with Gasteiger partial charge in [0.25, 0.3) is 0 Å². The number of nitriles is 1. The Bertz CT molecular complexity index is 708. The fourth-order valence-corrected chi connectivity index (χ4v) is 2.27. The maximum absolute atomic E-state index is 11.5. The van der Waals surface area contributed by atoms with Crippen LogP contribution < -0.4 is 14.8 Å². The SMILES string of the molecule is COc1cccc(CNC(=O)CC#N)c1OCCc1ccccc1. The monoisotopic (exact) mass is 324 g/mol. The van der Waals surface area contributed by atoms with Crippen molar-refractivity contribution in [2.75, 3.05) is 13.7 Å². The average Bonchev–Trinajstić information content (AvgIpc) is 2.61. The second-order valence-electron chi connectivity index (χ2n) is 5.14. The Labute approximate surface area is 141 Å². The van der Waals surface area contributed by atoms with Crippen LogP contribution in [0.15, 0.2) is 48.5 Å². The third-order valence-electron chi connectivity index (χ3n) is 3.48. The number of hydrogen-bond donors (Lipinski definition) is 1. The number of ether oxygens (including phenoxy) is 2. The van der Waals surface area contributed by atoms with Crippen LogP contribution in [0.1, 0.15) is 17.5 Å². The molecule has 0 saturated carbocycles. The summed E-state index contributed by atoms with van der Waals surface area (Å²) in [6, 6.07) is 17.4. The highest BCUT2D eigenvalue weighted by molar-refractivity contribution is 5.78. The predicted molar refractivity (Wildman–Crippen MR) is 90.7 cm³/mol. The van der Waals surface area contributed by atoms with Gasteiger partial charge in [-0.25, -0.2) is 0 Å². The lowest BCUT2D eigenvalue weighted by Crippen LogP contribution is -2.22. The van der Waals surface area contributed by atoms with Gasteiger partial charge in [-0.1, -0.05) is 42.5 Å². The molecule has 0 atom stereocenters. The first kappa shape index (κ1) is 17.4. The van der Waals surface area contributed by atoms with E-state index < -0.39 is 0 Å². The molecule has 1 amide bonds. The summed E-state index contributed by atoms with van der Waals surface area (Å²) in [6.07, 6.45) is 0.618. The van der Waals surface area contributed by atoms with Crippen LogP contribution >= 0.6 is 0 Å². The van der Waals surface area contributed by atoms with Crippen molar-refractivity contribution in [2.24, 2.45) is 0 Å². The van der Waals surface area contributed by atoms with E-state index in [1.807, 2.05) is 42.5 Å². The molecule has 2 aromatic rings. The molecule has 0 radical (unpaired) electrons. The van der Waals surface area contributed by atoms with Gasteiger partial charge in [0.1, 0.15) is 6.42 Å². The van der Waals surface area contributed by atoms with Gasteiger partial charge in [-0.15, -0.1) is 0 Å². The molecular formula is C19H20N2O3. The minimum Gasteiger partial charge on any atom is -0.493 e. The Morgan fingerprint density at radius 2 is 1.96 bits per heavy atom. The maximum Gasteiger partial charge on any atom is 0.234 e. The van der Waals surface area contributed by atoms with Gasteiger partial charge in [0.15, 0.2) is 11.5 Å².